The van der Waals surface area contributed by atoms with E-state index < -0.39 is 16.6 Å². The van der Waals surface area contributed by atoms with Gasteiger partial charge in [0.05, 0.1) is 18.2 Å². The highest BCUT2D eigenvalue weighted by atomic mass is 79.9. The number of benzene rings is 1. The molecule has 0 aliphatic heterocycles. The highest BCUT2D eigenvalue weighted by Gasteiger charge is 2.50. The molecule has 48 heavy (non-hydrogen) atoms. The molecule has 1 saturated carbocycles. The number of anilines is 1. The first-order valence-electron chi connectivity index (χ1n) is 17.6. The molecule has 1 fully saturated rings. The lowest BCUT2D eigenvalue weighted by atomic mass is 10.1. The number of carbonyl (C=O) groups is 1. The molecule has 1 aromatic carbocycles. The van der Waals surface area contributed by atoms with Crippen molar-refractivity contribution in [2.75, 3.05) is 11.9 Å². The molecule has 0 unspecified atom stereocenters. The summed E-state index contributed by atoms with van der Waals surface area (Å²) in [6.45, 7) is 28.8. The van der Waals surface area contributed by atoms with Crippen LogP contribution in [0.4, 0.5) is 5.82 Å². The molecular weight excluding hydrogens is 699 g/mol. The highest BCUT2D eigenvalue weighted by molar-refractivity contribution is 9.10. The molecule has 0 saturated heterocycles. The Balaban J connectivity index is 1.59. The summed E-state index contributed by atoms with van der Waals surface area (Å²) in [6.07, 6.45) is 4.91. The third-order valence-electron chi connectivity index (χ3n) is 10.9. The van der Waals surface area contributed by atoms with Crippen LogP contribution < -0.4 is 5.32 Å². The van der Waals surface area contributed by atoms with Crippen molar-refractivity contribution in [1.82, 2.24) is 19.7 Å². The summed E-state index contributed by atoms with van der Waals surface area (Å²) in [7, 11) is -4.10. The van der Waals surface area contributed by atoms with Gasteiger partial charge in [0, 0.05) is 34.9 Å². The monoisotopic (exact) mass is 755 g/mol. The second kappa shape index (κ2) is 15.4. The van der Waals surface area contributed by atoms with Gasteiger partial charge in [-0.25, -0.2) is 9.97 Å². The molecule has 0 spiro atoms. The van der Waals surface area contributed by atoms with E-state index in [-0.39, 0.29) is 28.9 Å². The van der Waals surface area contributed by atoms with Crippen molar-refractivity contribution in [3.8, 4) is 0 Å². The zero-order valence-electron chi connectivity index (χ0n) is 31.2. The average molecular weight is 757 g/mol. The van der Waals surface area contributed by atoms with E-state index >= 15 is 0 Å². The lowest BCUT2D eigenvalue weighted by Gasteiger charge is -2.45. The molecule has 0 amide bonds. The van der Waals surface area contributed by atoms with E-state index in [1.54, 1.807) is 6.20 Å². The summed E-state index contributed by atoms with van der Waals surface area (Å²) in [4.78, 5) is 22.7. The fourth-order valence-corrected chi connectivity index (χ4v) is 14.4. The largest absolute Gasteiger partial charge is 0.416 e. The highest BCUT2D eigenvalue weighted by Crippen LogP contribution is 2.46. The molecule has 0 radical (unpaired) electrons. The Kier molecular flexibility index (Phi) is 12.4. The Hall–Kier alpha value is -2.19. The number of aromatic nitrogens is 4. The minimum Gasteiger partial charge on any atom is -0.416 e. The van der Waals surface area contributed by atoms with Crippen LogP contribution in [0.2, 0.25) is 34.8 Å². The third kappa shape index (κ3) is 8.57. The smallest absolute Gasteiger partial charge is 0.218 e. The fraction of sp³-hybridized carbons (Fsp3) is 0.622. The fourth-order valence-electron chi connectivity index (χ4n) is 7.26. The van der Waals surface area contributed by atoms with E-state index in [0.717, 1.165) is 28.6 Å². The Labute approximate surface area is 299 Å². The van der Waals surface area contributed by atoms with Crippen molar-refractivity contribution in [3.05, 3.63) is 69.8 Å². The van der Waals surface area contributed by atoms with Crippen molar-refractivity contribution in [3.63, 3.8) is 0 Å². The maximum absolute atomic E-state index is 13.9. The van der Waals surface area contributed by atoms with Gasteiger partial charge >= 0.3 is 0 Å². The summed E-state index contributed by atoms with van der Waals surface area (Å²) >= 11 is 3.55. The molecule has 1 N–H and O–H groups in total. The van der Waals surface area contributed by atoms with Gasteiger partial charge < -0.3 is 14.2 Å². The maximum atomic E-state index is 13.9. The first-order valence-corrected chi connectivity index (χ1v) is 23.4. The number of hydrogen-bond acceptors (Lipinski definition) is 7. The first-order chi connectivity index (χ1) is 22.4. The minimum atomic E-state index is -2.14. The molecule has 2 heterocycles. The molecule has 3 aromatic rings. The van der Waals surface area contributed by atoms with Crippen LogP contribution in [0.25, 0.3) is 0 Å². The second-order valence-corrected chi connectivity index (χ2v) is 27.3. The van der Waals surface area contributed by atoms with Crippen molar-refractivity contribution in [2.24, 2.45) is 5.92 Å². The van der Waals surface area contributed by atoms with Crippen LogP contribution in [0.1, 0.15) is 102 Å². The normalized spacial score (nSPS) is 19.1. The predicted molar refractivity (Wildman–Crippen MR) is 205 cm³/mol. The number of aryl methyl sites for hydroxylation is 1. The number of ketones is 1. The van der Waals surface area contributed by atoms with Crippen LogP contribution in [-0.2, 0) is 15.4 Å². The summed E-state index contributed by atoms with van der Waals surface area (Å²) in [5.74, 6) is 0.602. The van der Waals surface area contributed by atoms with Gasteiger partial charge in [-0.2, -0.15) is 5.10 Å². The van der Waals surface area contributed by atoms with E-state index in [4.69, 9.17) is 14.0 Å². The predicted octanol–water partition coefficient (Wildman–Crippen LogP) is 9.80. The Bertz CT molecular complexity index is 1530. The van der Waals surface area contributed by atoms with Crippen molar-refractivity contribution in [2.45, 2.75) is 136 Å². The standard InChI is InChI=1S/C37H58BrN5O3Si2/c1-24(2)48(25(3)4,26(5)6)46-34-19-31(18-29(34)22-45-47(11,12)37(8,9)10)41-36-32(20-39-23-40-36)35(44)33-16-27(7)43(42-33)21-28-14-13-15-30(38)17-28/h13-17,20,23-26,29,31,34H,18-19,21-22H2,1-12H3,(H,39,40,41)/t29-,31-,34+/m1/s1. The van der Waals surface area contributed by atoms with Gasteiger partial charge in [-0.05, 0) is 78.3 Å². The van der Waals surface area contributed by atoms with E-state index in [1.807, 2.05) is 29.8 Å². The van der Waals surface area contributed by atoms with Crippen molar-refractivity contribution in [1.29, 1.82) is 0 Å². The van der Waals surface area contributed by atoms with E-state index in [2.05, 4.69) is 119 Å². The topological polar surface area (TPSA) is 91.2 Å². The van der Waals surface area contributed by atoms with Crippen LogP contribution >= 0.6 is 15.9 Å². The van der Waals surface area contributed by atoms with Crippen LogP contribution in [0, 0.1) is 12.8 Å². The molecular formula is C37H58BrN5O3Si2. The number of halogens is 1. The first kappa shape index (κ1) is 38.6. The molecule has 264 valence electrons. The average Bonchev–Trinajstić information content (AvgIpc) is 3.55. The van der Waals surface area contributed by atoms with Gasteiger partial charge in [0.2, 0.25) is 14.1 Å². The quantitative estimate of drug-likeness (QED) is 0.129. The zero-order chi connectivity index (χ0) is 35.6. The van der Waals surface area contributed by atoms with E-state index in [1.165, 1.54) is 6.33 Å². The van der Waals surface area contributed by atoms with Crippen LogP contribution in [-0.4, -0.2) is 60.9 Å². The molecule has 4 rings (SSSR count). The molecule has 0 bridgehead atoms. The lowest BCUT2D eigenvalue weighted by Crippen LogP contribution is -2.51. The Morgan fingerprint density at radius 3 is 2.33 bits per heavy atom. The van der Waals surface area contributed by atoms with Gasteiger partial charge in [-0.1, -0.05) is 90.4 Å². The third-order valence-corrected chi connectivity index (χ3v) is 22.0. The molecule has 1 aliphatic carbocycles. The number of nitrogens with zero attached hydrogens (tertiary/aromatic N) is 4. The molecule has 11 heteroatoms. The van der Waals surface area contributed by atoms with E-state index in [0.29, 0.717) is 46.9 Å². The van der Waals surface area contributed by atoms with Crippen LogP contribution in [0.5, 0.6) is 0 Å². The maximum Gasteiger partial charge on any atom is 0.218 e. The minimum absolute atomic E-state index is 0.0727. The van der Waals surface area contributed by atoms with Crippen LogP contribution in [0.3, 0.4) is 0 Å². The summed E-state index contributed by atoms with van der Waals surface area (Å²) in [5.41, 5.74) is 4.30. The number of hydrogen-bond donors (Lipinski definition) is 1. The summed E-state index contributed by atoms with van der Waals surface area (Å²) < 4.78 is 17.2. The Morgan fingerprint density at radius 2 is 1.73 bits per heavy atom. The zero-order valence-corrected chi connectivity index (χ0v) is 34.8. The van der Waals surface area contributed by atoms with E-state index in [9.17, 15) is 4.79 Å². The molecule has 1 aliphatic rings. The summed E-state index contributed by atoms with van der Waals surface area (Å²) in [6, 6.07) is 10.0. The molecule has 2 aromatic heterocycles. The van der Waals surface area contributed by atoms with Crippen molar-refractivity contribution < 1.29 is 13.6 Å². The molecule has 3 atom stereocenters. The Morgan fingerprint density at radius 1 is 1.06 bits per heavy atom. The van der Waals surface area contributed by atoms with Crippen molar-refractivity contribution >= 4 is 44.2 Å². The number of rotatable bonds is 14. The van der Waals surface area contributed by atoms with Gasteiger partial charge in [0.1, 0.15) is 17.8 Å². The summed E-state index contributed by atoms with van der Waals surface area (Å²) in [5, 5.41) is 8.50. The number of carbonyl (C=O) groups excluding carboxylic acids is 1. The molecule has 8 nitrogen and oxygen atoms in total. The number of nitrogens with one attached hydrogen (secondary N) is 1. The van der Waals surface area contributed by atoms with Gasteiger partial charge in [-0.3, -0.25) is 9.48 Å². The van der Waals surface area contributed by atoms with Crippen LogP contribution in [0.15, 0.2) is 47.3 Å². The SMILES string of the molecule is Cc1cc(C(=O)c2cncnc2N[C@@H]2C[C@H](CO[Si](C)(C)C(C)(C)C)[C@@H](O[Si](C(C)C)(C(C)C)C(C)C)C2)nn1Cc1cccc(Br)c1. The van der Waals surface area contributed by atoms with Gasteiger partial charge in [0.15, 0.2) is 8.32 Å². The van der Waals surface area contributed by atoms with Gasteiger partial charge in [-0.15, -0.1) is 0 Å². The van der Waals surface area contributed by atoms with Gasteiger partial charge in [0.25, 0.3) is 0 Å². The second-order valence-electron chi connectivity index (χ2n) is 16.2. The lowest BCUT2D eigenvalue weighted by molar-refractivity contribution is 0.0971.